The number of nitrogens with one attached hydrogen (secondary N) is 1. The van der Waals surface area contributed by atoms with Crippen LogP contribution in [0.2, 0.25) is 0 Å². The number of methoxy groups -OCH3 is 1. The SMILES string of the molecule is CNSc1cccc(C(=O)OC)c1. The molecule has 0 fully saturated rings. The summed E-state index contributed by atoms with van der Waals surface area (Å²) < 4.78 is 7.53. The minimum Gasteiger partial charge on any atom is -0.465 e. The molecule has 0 heterocycles. The van der Waals surface area contributed by atoms with E-state index in [0.29, 0.717) is 5.56 Å². The second kappa shape index (κ2) is 4.89. The molecule has 3 nitrogen and oxygen atoms in total. The highest BCUT2D eigenvalue weighted by atomic mass is 32.2. The van der Waals surface area contributed by atoms with E-state index in [1.54, 1.807) is 12.1 Å². The summed E-state index contributed by atoms with van der Waals surface area (Å²) in [6.07, 6.45) is 0. The van der Waals surface area contributed by atoms with Gasteiger partial charge in [-0.15, -0.1) is 0 Å². The average Bonchev–Trinajstić information content (AvgIpc) is 2.18. The number of hydrogen-bond acceptors (Lipinski definition) is 4. The first-order valence-electron chi connectivity index (χ1n) is 3.80. The highest BCUT2D eigenvalue weighted by molar-refractivity contribution is 7.97. The number of esters is 1. The van der Waals surface area contributed by atoms with Gasteiger partial charge in [0.1, 0.15) is 0 Å². The van der Waals surface area contributed by atoms with Crippen molar-refractivity contribution in [2.75, 3.05) is 14.2 Å². The summed E-state index contributed by atoms with van der Waals surface area (Å²) in [7, 11) is 3.20. The second-order valence-corrected chi connectivity index (χ2v) is 3.41. The third-order valence-electron chi connectivity index (χ3n) is 1.48. The van der Waals surface area contributed by atoms with E-state index < -0.39 is 0 Å². The zero-order chi connectivity index (χ0) is 9.68. The maximum absolute atomic E-state index is 11.1. The molecule has 0 amide bonds. The fourth-order valence-corrected chi connectivity index (χ4v) is 1.49. The van der Waals surface area contributed by atoms with E-state index in [2.05, 4.69) is 9.46 Å². The average molecular weight is 197 g/mol. The molecule has 0 spiro atoms. The molecule has 0 aliphatic rings. The summed E-state index contributed by atoms with van der Waals surface area (Å²) in [6.45, 7) is 0. The van der Waals surface area contributed by atoms with Crippen molar-refractivity contribution < 1.29 is 9.53 Å². The van der Waals surface area contributed by atoms with Gasteiger partial charge in [0, 0.05) is 4.90 Å². The van der Waals surface area contributed by atoms with Gasteiger partial charge in [0.15, 0.2) is 0 Å². The van der Waals surface area contributed by atoms with Gasteiger partial charge in [0.2, 0.25) is 0 Å². The van der Waals surface area contributed by atoms with Crippen LogP contribution in [0.15, 0.2) is 29.2 Å². The first kappa shape index (κ1) is 10.1. The summed E-state index contributed by atoms with van der Waals surface area (Å²) in [5.41, 5.74) is 0.572. The molecule has 0 bridgehead atoms. The van der Waals surface area contributed by atoms with Crippen molar-refractivity contribution >= 4 is 17.9 Å². The van der Waals surface area contributed by atoms with Crippen molar-refractivity contribution in [1.82, 2.24) is 4.72 Å². The molecule has 0 aliphatic heterocycles. The van der Waals surface area contributed by atoms with Gasteiger partial charge in [0.05, 0.1) is 12.7 Å². The van der Waals surface area contributed by atoms with Crippen LogP contribution in [0.4, 0.5) is 0 Å². The molecule has 0 unspecified atom stereocenters. The van der Waals surface area contributed by atoms with E-state index in [1.165, 1.54) is 19.1 Å². The van der Waals surface area contributed by atoms with Gasteiger partial charge in [-0.3, -0.25) is 4.72 Å². The van der Waals surface area contributed by atoms with Gasteiger partial charge in [0.25, 0.3) is 0 Å². The van der Waals surface area contributed by atoms with Crippen LogP contribution in [0.5, 0.6) is 0 Å². The lowest BCUT2D eigenvalue weighted by atomic mass is 10.2. The fraction of sp³-hybridized carbons (Fsp3) is 0.222. The van der Waals surface area contributed by atoms with Crippen LogP contribution < -0.4 is 4.72 Å². The maximum atomic E-state index is 11.1. The first-order chi connectivity index (χ1) is 6.27. The summed E-state index contributed by atoms with van der Waals surface area (Å²) in [5, 5.41) is 0. The molecule has 0 saturated carbocycles. The standard InChI is InChI=1S/C9H11NO2S/c1-10-13-8-5-3-4-7(6-8)9(11)12-2/h3-6,10H,1-2H3. The van der Waals surface area contributed by atoms with Crippen molar-refractivity contribution in [3.63, 3.8) is 0 Å². The van der Waals surface area contributed by atoms with Crippen LogP contribution >= 0.6 is 11.9 Å². The molecule has 1 aromatic carbocycles. The zero-order valence-corrected chi connectivity index (χ0v) is 8.35. The van der Waals surface area contributed by atoms with E-state index in [-0.39, 0.29) is 5.97 Å². The third-order valence-corrected chi connectivity index (χ3v) is 2.17. The number of carbonyl (C=O) groups excluding carboxylic acids is 1. The van der Waals surface area contributed by atoms with Gasteiger partial charge in [-0.2, -0.15) is 0 Å². The monoisotopic (exact) mass is 197 g/mol. The van der Waals surface area contributed by atoms with Crippen LogP contribution in [0.25, 0.3) is 0 Å². The Morgan fingerprint density at radius 1 is 1.54 bits per heavy atom. The molecule has 0 atom stereocenters. The maximum Gasteiger partial charge on any atom is 0.337 e. The van der Waals surface area contributed by atoms with Gasteiger partial charge in [-0.1, -0.05) is 6.07 Å². The smallest absolute Gasteiger partial charge is 0.337 e. The largest absolute Gasteiger partial charge is 0.465 e. The zero-order valence-electron chi connectivity index (χ0n) is 7.53. The Balaban J connectivity index is 2.85. The van der Waals surface area contributed by atoms with E-state index in [9.17, 15) is 4.79 Å². The first-order valence-corrected chi connectivity index (χ1v) is 4.61. The number of benzene rings is 1. The van der Waals surface area contributed by atoms with Crippen molar-refractivity contribution in [2.24, 2.45) is 0 Å². The lowest BCUT2D eigenvalue weighted by Crippen LogP contribution is -2.01. The Labute approximate surface area is 81.6 Å². The Morgan fingerprint density at radius 2 is 2.31 bits per heavy atom. The van der Waals surface area contributed by atoms with E-state index >= 15 is 0 Å². The summed E-state index contributed by atoms with van der Waals surface area (Å²) in [5.74, 6) is -0.307. The lowest BCUT2D eigenvalue weighted by molar-refractivity contribution is 0.0600. The number of hydrogen-bond donors (Lipinski definition) is 1. The third kappa shape index (κ3) is 2.75. The van der Waals surface area contributed by atoms with Crippen LogP contribution in [0.1, 0.15) is 10.4 Å². The minimum absolute atomic E-state index is 0.307. The Morgan fingerprint density at radius 3 is 2.92 bits per heavy atom. The lowest BCUT2D eigenvalue weighted by Gasteiger charge is -2.01. The fourth-order valence-electron chi connectivity index (χ4n) is 0.922. The van der Waals surface area contributed by atoms with Gasteiger partial charge in [-0.05, 0) is 37.2 Å². The Bertz CT molecular complexity index is 301. The summed E-state index contributed by atoms with van der Waals surface area (Å²) in [4.78, 5) is 12.1. The van der Waals surface area contributed by atoms with Crippen molar-refractivity contribution in [3.05, 3.63) is 29.8 Å². The van der Waals surface area contributed by atoms with Crippen LogP contribution in [-0.2, 0) is 4.74 Å². The van der Waals surface area contributed by atoms with E-state index in [4.69, 9.17) is 0 Å². The summed E-state index contributed by atoms with van der Waals surface area (Å²) in [6, 6.07) is 7.26. The highest BCUT2D eigenvalue weighted by Crippen LogP contribution is 2.15. The predicted octanol–water partition coefficient (Wildman–Crippen LogP) is 1.70. The molecule has 0 radical (unpaired) electrons. The van der Waals surface area contributed by atoms with Gasteiger partial charge in [-0.25, -0.2) is 4.79 Å². The molecule has 1 rings (SSSR count). The Hall–Kier alpha value is -1.00. The van der Waals surface area contributed by atoms with Gasteiger partial charge >= 0.3 is 5.97 Å². The van der Waals surface area contributed by atoms with E-state index in [0.717, 1.165) is 4.90 Å². The van der Waals surface area contributed by atoms with Crippen molar-refractivity contribution in [1.29, 1.82) is 0 Å². The van der Waals surface area contributed by atoms with Crippen LogP contribution in [-0.4, -0.2) is 20.1 Å². The molecule has 0 aromatic heterocycles. The second-order valence-electron chi connectivity index (χ2n) is 2.33. The van der Waals surface area contributed by atoms with E-state index in [1.807, 2.05) is 19.2 Å². The molecular formula is C9H11NO2S. The highest BCUT2D eigenvalue weighted by Gasteiger charge is 2.04. The molecular weight excluding hydrogens is 186 g/mol. The molecule has 0 aliphatic carbocycles. The molecule has 70 valence electrons. The van der Waals surface area contributed by atoms with Crippen molar-refractivity contribution in [2.45, 2.75) is 4.90 Å². The topological polar surface area (TPSA) is 38.3 Å². The number of ether oxygens (including phenoxy) is 1. The van der Waals surface area contributed by atoms with Crippen molar-refractivity contribution in [3.8, 4) is 0 Å². The summed E-state index contributed by atoms with van der Waals surface area (Å²) >= 11 is 1.46. The van der Waals surface area contributed by atoms with Crippen LogP contribution in [0.3, 0.4) is 0 Å². The molecule has 1 N–H and O–H groups in total. The molecule has 13 heavy (non-hydrogen) atoms. The quantitative estimate of drug-likeness (QED) is 0.591. The van der Waals surface area contributed by atoms with Crippen LogP contribution in [0, 0.1) is 0 Å². The minimum atomic E-state index is -0.307. The van der Waals surface area contributed by atoms with Gasteiger partial charge < -0.3 is 4.74 Å². The molecule has 4 heteroatoms. The normalized spacial score (nSPS) is 9.69. The number of rotatable bonds is 3. The molecule has 1 aromatic rings. The molecule has 0 saturated heterocycles. The number of carbonyl (C=O) groups is 1. The Kier molecular flexibility index (Phi) is 3.79. The predicted molar refractivity (Wildman–Crippen MR) is 52.7 cm³/mol.